The van der Waals surface area contributed by atoms with Gasteiger partial charge in [-0.15, -0.1) is 0 Å². The van der Waals surface area contributed by atoms with E-state index in [0.717, 1.165) is 25.6 Å². The van der Waals surface area contributed by atoms with Crippen LogP contribution in [0.1, 0.15) is 11.6 Å². The van der Waals surface area contributed by atoms with Crippen LogP contribution in [0.3, 0.4) is 0 Å². The number of nitrogens with one attached hydrogen (secondary N) is 2. The van der Waals surface area contributed by atoms with E-state index in [2.05, 4.69) is 10.6 Å². The van der Waals surface area contributed by atoms with Crippen LogP contribution < -0.4 is 10.6 Å². The Kier molecular flexibility index (Phi) is 2.22. The van der Waals surface area contributed by atoms with Crippen molar-refractivity contribution in [2.24, 2.45) is 11.8 Å². The van der Waals surface area contributed by atoms with Gasteiger partial charge in [-0.1, -0.05) is 12.1 Å². The van der Waals surface area contributed by atoms with Gasteiger partial charge < -0.3 is 10.6 Å². The SMILES string of the molecule is Fc1ccc(C2NCC3CNCC32)cc1. The predicted octanol–water partition coefficient (Wildman–Crippen LogP) is 1.31. The summed E-state index contributed by atoms with van der Waals surface area (Å²) in [5.74, 6) is 1.27. The van der Waals surface area contributed by atoms with E-state index < -0.39 is 0 Å². The molecule has 1 aromatic carbocycles. The number of benzene rings is 1. The molecule has 3 heteroatoms. The molecule has 2 aliphatic heterocycles. The third-order valence-electron chi connectivity index (χ3n) is 3.65. The highest BCUT2D eigenvalue weighted by molar-refractivity contribution is 5.23. The minimum absolute atomic E-state index is 0.155. The molecule has 3 rings (SSSR count). The van der Waals surface area contributed by atoms with Crippen LogP contribution >= 0.6 is 0 Å². The first-order valence-corrected chi connectivity index (χ1v) is 5.54. The standard InChI is InChI=1S/C12H15FN2/c13-10-3-1-8(2-4-10)12-11-7-14-5-9(11)6-15-12/h1-4,9,11-12,14-15H,5-7H2. The molecule has 80 valence electrons. The van der Waals surface area contributed by atoms with E-state index in [9.17, 15) is 4.39 Å². The number of rotatable bonds is 1. The Morgan fingerprint density at radius 1 is 1.07 bits per heavy atom. The van der Waals surface area contributed by atoms with Crippen LogP contribution in [0.15, 0.2) is 24.3 Å². The minimum atomic E-state index is -0.155. The van der Waals surface area contributed by atoms with Crippen molar-refractivity contribution in [2.75, 3.05) is 19.6 Å². The van der Waals surface area contributed by atoms with Crippen LogP contribution in [0.4, 0.5) is 4.39 Å². The maximum Gasteiger partial charge on any atom is 0.123 e. The van der Waals surface area contributed by atoms with Gasteiger partial charge in [0.25, 0.3) is 0 Å². The average molecular weight is 206 g/mol. The van der Waals surface area contributed by atoms with E-state index >= 15 is 0 Å². The van der Waals surface area contributed by atoms with Gasteiger partial charge in [-0.25, -0.2) is 4.39 Å². The highest BCUT2D eigenvalue weighted by Crippen LogP contribution is 2.35. The molecule has 0 radical (unpaired) electrons. The van der Waals surface area contributed by atoms with Gasteiger partial charge >= 0.3 is 0 Å². The molecule has 1 aromatic rings. The van der Waals surface area contributed by atoms with Crippen molar-refractivity contribution in [3.8, 4) is 0 Å². The van der Waals surface area contributed by atoms with Gasteiger partial charge in [0.2, 0.25) is 0 Å². The van der Waals surface area contributed by atoms with E-state index in [1.54, 1.807) is 12.1 Å². The first-order chi connectivity index (χ1) is 7.34. The number of hydrogen-bond donors (Lipinski definition) is 2. The van der Waals surface area contributed by atoms with Crippen molar-refractivity contribution >= 4 is 0 Å². The molecule has 0 saturated carbocycles. The molecular formula is C12H15FN2. The summed E-state index contributed by atoms with van der Waals surface area (Å²) in [6, 6.07) is 7.30. The molecule has 2 fully saturated rings. The summed E-state index contributed by atoms with van der Waals surface area (Å²) >= 11 is 0. The van der Waals surface area contributed by atoms with Gasteiger partial charge in [0.1, 0.15) is 5.82 Å². The molecule has 2 saturated heterocycles. The number of hydrogen-bond acceptors (Lipinski definition) is 2. The van der Waals surface area contributed by atoms with Crippen LogP contribution in [0.2, 0.25) is 0 Å². The maximum atomic E-state index is 12.8. The quantitative estimate of drug-likeness (QED) is 0.724. The summed E-state index contributed by atoms with van der Waals surface area (Å²) in [6.45, 7) is 3.29. The van der Waals surface area contributed by atoms with Crippen LogP contribution in [0.25, 0.3) is 0 Å². The molecule has 0 amide bonds. The largest absolute Gasteiger partial charge is 0.316 e. The maximum absolute atomic E-state index is 12.8. The Hall–Kier alpha value is -0.930. The third-order valence-corrected chi connectivity index (χ3v) is 3.65. The van der Waals surface area contributed by atoms with Gasteiger partial charge in [-0.05, 0) is 36.1 Å². The fourth-order valence-corrected chi connectivity index (χ4v) is 2.83. The fourth-order valence-electron chi connectivity index (χ4n) is 2.83. The zero-order valence-corrected chi connectivity index (χ0v) is 8.54. The predicted molar refractivity (Wildman–Crippen MR) is 57.0 cm³/mol. The van der Waals surface area contributed by atoms with Gasteiger partial charge in [0.05, 0.1) is 0 Å². The summed E-state index contributed by atoms with van der Waals surface area (Å²) < 4.78 is 12.8. The summed E-state index contributed by atoms with van der Waals surface area (Å²) in [5, 5.41) is 6.95. The second-order valence-corrected chi connectivity index (χ2v) is 4.52. The van der Waals surface area contributed by atoms with E-state index in [-0.39, 0.29) is 5.82 Å². The van der Waals surface area contributed by atoms with Gasteiger partial charge in [0.15, 0.2) is 0 Å². The van der Waals surface area contributed by atoms with E-state index in [1.165, 1.54) is 5.56 Å². The molecule has 2 nitrogen and oxygen atoms in total. The van der Waals surface area contributed by atoms with E-state index in [0.29, 0.717) is 12.0 Å². The first kappa shape index (κ1) is 9.31. The molecule has 2 heterocycles. The molecule has 0 aliphatic carbocycles. The van der Waals surface area contributed by atoms with Crippen LogP contribution in [0, 0.1) is 17.7 Å². The van der Waals surface area contributed by atoms with Crippen molar-refractivity contribution in [2.45, 2.75) is 6.04 Å². The van der Waals surface area contributed by atoms with E-state index in [1.807, 2.05) is 12.1 Å². The molecule has 0 spiro atoms. The minimum Gasteiger partial charge on any atom is -0.316 e. The summed E-state index contributed by atoms with van der Waals surface area (Å²) in [7, 11) is 0. The zero-order valence-electron chi connectivity index (χ0n) is 8.54. The Morgan fingerprint density at radius 2 is 1.87 bits per heavy atom. The third kappa shape index (κ3) is 1.56. The summed E-state index contributed by atoms with van der Waals surface area (Å²) in [4.78, 5) is 0. The lowest BCUT2D eigenvalue weighted by Gasteiger charge is -2.17. The second-order valence-electron chi connectivity index (χ2n) is 4.52. The number of fused-ring (bicyclic) bond motifs is 1. The zero-order chi connectivity index (χ0) is 10.3. The Morgan fingerprint density at radius 3 is 2.67 bits per heavy atom. The van der Waals surface area contributed by atoms with Crippen molar-refractivity contribution in [3.63, 3.8) is 0 Å². The molecular weight excluding hydrogens is 191 g/mol. The first-order valence-electron chi connectivity index (χ1n) is 5.54. The molecule has 2 aliphatic rings. The van der Waals surface area contributed by atoms with Gasteiger partial charge in [0, 0.05) is 19.1 Å². The highest BCUT2D eigenvalue weighted by atomic mass is 19.1. The highest BCUT2D eigenvalue weighted by Gasteiger charge is 2.39. The van der Waals surface area contributed by atoms with Crippen molar-refractivity contribution in [1.29, 1.82) is 0 Å². The topological polar surface area (TPSA) is 24.1 Å². The van der Waals surface area contributed by atoms with Crippen molar-refractivity contribution < 1.29 is 4.39 Å². The van der Waals surface area contributed by atoms with Gasteiger partial charge in [-0.3, -0.25) is 0 Å². The second kappa shape index (κ2) is 3.58. The van der Waals surface area contributed by atoms with Gasteiger partial charge in [-0.2, -0.15) is 0 Å². The number of halogens is 1. The Balaban J connectivity index is 1.85. The lowest BCUT2D eigenvalue weighted by molar-refractivity contribution is 0.450. The molecule has 15 heavy (non-hydrogen) atoms. The normalized spacial score (nSPS) is 34.3. The summed E-state index contributed by atoms with van der Waals surface area (Å²) in [5.41, 5.74) is 1.22. The monoisotopic (exact) mass is 206 g/mol. The smallest absolute Gasteiger partial charge is 0.123 e. The van der Waals surface area contributed by atoms with Crippen LogP contribution in [-0.2, 0) is 0 Å². The molecule has 2 N–H and O–H groups in total. The lowest BCUT2D eigenvalue weighted by atomic mass is 9.90. The average Bonchev–Trinajstić information content (AvgIpc) is 2.80. The molecule has 3 atom stereocenters. The Bertz CT molecular complexity index is 349. The van der Waals surface area contributed by atoms with Crippen molar-refractivity contribution in [3.05, 3.63) is 35.6 Å². The lowest BCUT2D eigenvalue weighted by Crippen LogP contribution is -2.23. The Labute approximate surface area is 88.9 Å². The van der Waals surface area contributed by atoms with Crippen LogP contribution in [0.5, 0.6) is 0 Å². The fraction of sp³-hybridized carbons (Fsp3) is 0.500. The summed E-state index contributed by atoms with van der Waals surface area (Å²) in [6.07, 6.45) is 0. The van der Waals surface area contributed by atoms with E-state index in [4.69, 9.17) is 0 Å². The molecule has 3 unspecified atom stereocenters. The van der Waals surface area contributed by atoms with Crippen LogP contribution in [-0.4, -0.2) is 19.6 Å². The molecule has 0 aromatic heterocycles. The molecule has 0 bridgehead atoms. The van der Waals surface area contributed by atoms with Crippen molar-refractivity contribution in [1.82, 2.24) is 10.6 Å².